The first kappa shape index (κ1) is 14.6. The number of hydrogen-bond donors (Lipinski definition) is 2. The minimum Gasteiger partial charge on any atom is -0.368 e. The molecule has 0 amide bonds. The van der Waals surface area contributed by atoms with Gasteiger partial charge in [-0.3, -0.25) is 4.79 Å². The highest BCUT2D eigenvalue weighted by Gasteiger charge is 2.25. The van der Waals surface area contributed by atoms with E-state index >= 15 is 0 Å². The molecule has 1 aromatic rings. The van der Waals surface area contributed by atoms with E-state index in [1.165, 1.54) is 6.33 Å². The van der Waals surface area contributed by atoms with Crippen LogP contribution in [-0.2, 0) is 0 Å². The molecule has 0 aromatic carbocycles. The Morgan fingerprint density at radius 2 is 2.18 bits per heavy atom. The van der Waals surface area contributed by atoms with Gasteiger partial charge >= 0.3 is 0 Å². The molecule has 0 saturated heterocycles. The zero-order chi connectivity index (χ0) is 12.9. The quantitative estimate of drug-likeness (QED) is 0.846. The topological polar surface area (TPSA) is 57.8 Å². The van der Waals surface area contributed by atoms with Crippen LogP contribution in [0.1, 0.15) is 26.7 Å². The zero-order valence-electron chi connectivity index (χ0n) is 10.3. The number of aromatic amines is 1. The molecule has 1 rings (SSSR count). The highest BCUT2D eigenvalue weighted by Crippen LogP contribution is 2.30. The predicted octanol–water partition coefficient (Wildman–Crippen LogP) is 2.87. The molecule has 0 radical (unpaired) electrons. The molecule has 0 spiro atoms. The van der Waals surface area contributed by atoms with Gasteiger partial charge in [0.25, 0.3) is 5.56 Å². The summed E-state index contributed by atoms with van der Waals surface area (Å²) < 4.78 is 0.659. The first-order valence-electron chi connectivity index (χ1n) is 5.60. The number of hydrogen-bond acceptors (Lipinski definition) is 4. The summed E-state index contributed by atoms with van der Waals surface area (Å²) in [6, 6.07) is 0. The monoisotopic (exact) mass is 319 g/mol. The van der Waals surface area contributed by atoms with Crippen LogP contribution in [0.5, 0.6) is 0 Å². The summed E-state index contributed by atoms with van der Waals surface area (Å²) in [4.78, 5) is 18.0. The van der Waals surface area contributed by atoms with Crippen molar-refractivity contribution in [3.8, 4) is 0 Å². The third-order valence-corrected chi connectivity index (χ3v) is 5.42. The number of H-pyrrole nitrogens is 1. The number of halogens is 1. The second-order valence-electron chi connectivity index (χ2n) is 3.84. The molecule has 0 atom stereocenters. The highest BCUT2D eigenvalue weighted by atomic mass is 79.9. The van der Waals surface area contributed by atoms with Gasteiger partial charge in [-0.1, -0.05) is 13.8 Å². The van der Waals surface area contributed by atoms with E-state index in [4.69, 9.17) is 0 Å². The van der Waals surface area contributed by atoms with Gasteiger partial charge in [-0.15, -0.1) is 0 Å². The Morgan fingerprint density at radius 3 is 2.71 bits per heavy atom. The lowest BCUT2D eigenvalue weighted by molar-refractivity contribution is 0.573. The van der Waals surface area contributed by atoms with E-state index in [1.807, 2.05) is 11.8 Å². The van der Waals surface area contributed by atoms with E-state index in [1.54, 1.807) is 0 Å². The molecular formula is C11H18BrN3OS. The molecule has 1 heterocycles. The van der Waals surface area contributed by atoms with Crippen molar-refractivity contribution in [1.82, 2.24) is 9.97 Å². The van der Waals surface area contributed by atoms with Gasteiger partial charge in [0, 0.05) is 11.3 Å². The van der Waals surface area contributed by atoms with Crippen LogP contribution in [0.4, 0.5) is 5.82 Å². The first-order chi connectivity index (χ1) is 8.08. The molecule has 0 aliphatic heterocycles. The Hall–Kier alpha value is -0.490. The minimum atomic E-state index is -0.162. The molecule has 0 bridgehead atoms. The van der Waals surface area contributed by atoms with Crippen LogP contribution in [0.3, 0.4) is 0 Å². The van der Waals surface area contributed by atoms with E-state index in [0.29, 0.717) is 10.3 Å². The maximum Gasteiger partial charge on any atom is 0.267 e. The Bertz CT molecular complexity index is 409. The van der Waals surface area contributed by atoms with Crippen LogP contribution < -0.4 is 10.9 Å². The van der Waals surface area contributed by atoms with E-state index in [9.17, 15) is 4.79 Å². The van der Waals surface area contributed by atoms with Crippen molar-refractivity contribution in [3.05, 3.63) is 21.2 Å². The van der Waals surface area contributed by atoms with Crippen molar-refractivity contribution in [1.29, 1.82) is 0 Å². The molecule has 0 aliphatic rings. The van der Waals surface area contributed by atoms with Crippen LogP contribution in [0.15, 0.2) is 15.6 Å². The third-order valence-electron chi connectivity index (χ3n) is 3.10. The van der Waals surface area contributed by atoms with Gasteiger partial charge in [-0.2, -0.15) is 11.8 Å². The predicted molar refractivity (Wildman–Crippen MR) is 77.9 cm³/mol. The van der Waals surface area contributed by atoms with Crippen LogP contribution in [0.2, 0.25) is 0 Å². The van der Waals surface area contributed by atoms with Crippen molar-refractivity contribution in [3.63, 3.8) is 0 Å². The molecule has 0 aliphatic carbocycles. The van der Waals surface area contributed by atoms with Gasteiger partial charge in [0.15, 0.2) is 0 Å². The fourth-order valence-corrected chi connectivity index (χ4v) is 2.76. The summed E-state index contributed by atoms with van der Waals surface area (Å²) in [7, 11) is 0. The van der Waals surface area contributed by atoms with E-state index < -0.39 is 0 Å². The molecule has 96 valence electrons. The van der Waals surface area contributed by atoms with Gasteiger partial charge in [0.2, 0.25) is 0 Å². The number of nitrogens with one attached hydrogen (secondary N) is 2. The summed E-state index contributed by atoms with van der Waals surface area (Å²) in [6.45, 7) is 5.17. The first-order valence-corrected chi connectivity index (χ1v) is 7.62. The highest BCUT2D eigenvalue weighted by molar-refractivity contribution is 9.10. The maximum absolute atomic E-state index is 11.4. The fourth-order valence-electron chi connectivity index (χ4n) is 1.61. The minimum absolute atomic E-state index is 0.162. The normalized spacial score (nSPS) is 11.5. The van der Waals surface area contributed by atoms with Crippen molar-refractivity contribution in [2.24, 2.45) is 0 Å². The SMILES string of the molecule is CCC(CC)(CNc1nc[nH]c(=O)c1Br)SC. The molecule has 6 heteroatoms. The summed E-state index contributed by atoms with van der Waals surface area (Å²) in [6.07, 6.45) is 5.69. The molecule has 0 unspecified atom stereocenters. The number of rotatable bonds is 6. The number of anilines is 1. The number of nitrogens with zero attached hydrogens (tertiary/aromatic N) is 1. The Morgan fingerprint density at radius 1 is 1.53 bits per heavy atom. The molecule has 17 heavy (non-hydrogen) atoms. The standard InChI is InChI=1S/C11H18BrN3OS/c1-4-11(5-2,17-3)6-13-9-8(12)10(16)15-7-14-9/h7H,4-6H2,1-3H3,(H2,13,14,15,16). The number of thioether (sulfide) groups is 1. The van der Waals surface area contributed by atoms with Crippen LogP contribution in [0.25, 0.3) is 0 Å². The molecular weight excluding hydrogens is 302 g/mol. The van der Waals surface area contributed by atoms with Crippen LogP contribution >= 0.6 is 27.7 Å². The zero-order valence-corrected chi connectivity index (χ0v) is 12.7. The van der Waals surface area contributed by atoms with Crippen molar-refractivity contribution < 1.29 is 0 Å². The summed E-state index contributed by atoms with van der Waals surface area (Å²) >= 11 is 5.09. The lowest BCUT2D eigenvalue weighted by atomic mass is 10.0. The van der Waals surface area contributed by atoms with Gasteiger partial charge in [0.05, 0.1) is 6.33 Å². The Kier molecular flexibility index (Phi) is 5.52. The van der Waals surface area contributed by atoms with Gasteiger partial charge in [-0.25, -0.2) is 4.98 Å². The van der Waals surface area contributed by atoms with Crippen molar-refractivity contribution >= 4 is 33.5 Å². The van der Waals surface area contributed by atoms with Gasteiger partial charge < -0.3 is 10.3 Å². The number of aromatic nitrogens is 2. The van der Waals surface area contributed by atoms with Crippen LogP contribution in [0, 0.1) is 0 Å². The van der Waals surface area contributed by atoms with Crippen molar-refractivity contribution in [2.75, 3.05) is 18.1 Å². The molecule has 1 aromatic heterocycles. The molecule has 4 nitrogen and oxygen atoms in total. The Labute approximate surface area is 114 Å². The average molecular weight is 320 g/mol. The lowest BCUT2D eigenvalue weighted by Gasteiger charge is -2.30. The maximum atomic E-state index is 11.4. The van der Waals surface area contributed by atoms with Gasteiger partial charge in [0.1, 0.15) is 10.3 Å². The lowest BCUT2D eigenvalue weighted by Crippen LogP contribution is -2.32. The van der Waals surface area contributed by atoms with Crippen LogP contribution in [-0.4, -0.2) is 27.5 Å². The van der Waals surface area contributed by atoms with E-state index in [0.717, 1.165) is 19.4 Å². The summed E-state index contributed by atoms with van der Waals surface area (Å²) in [5.74, 6) is 0.606. The van der Waals surface area contributed by atoms with Gasteiger partial charge in [-0.05, 0) is 35.0 Å². The summed E-state index contributed by atoms with van der Waals surface area (Å²) in [5.41, 5.74) is -0.162. The third kappa shape index (κ3) is 3.48. The van der Waals surface area contributed by atoms with E-state index in [-0.39, 0.29) is 10.3 Å². The molecule has 0 saturated carbocycles. The average Bonchev–Trinajstić information content (AvgIpc) is 2.36. The second kappa shape index (κ2) is 6.44. The molecule has 2 N–H and O–H groups in total. The summed E-state index contributed by atoms with van der Waals surface area (Å²) in [5, 5.41) is 3.25. The largest absolute Gasteiger partial charge is 0.368 e. The fraction of sp³-hybridized carbons (Fsp3) is 0.636. The molecule has 0 fully saturated rings. The van der Waals surface area contributed by atoms with Crippen molar-refractivity contribution in [2.45, 2.75) is 31.4 Å². The Balaban J connectivity index is 2.79. The van der Waals surface area contributed by atoms with E-state index in [2.05, 4.69) is 51.3 Å². The smallest absolute Gasteiger partial charge is 0.267 e. The second-order valence-corrected chi connectivity index (χ2v) is 5.91.